The van der Waals surface area contributed by atoms with Crippen molar-refractivity contribution in [3.05, 3.63) is 12.7 Å². The lowest BCUT2D eigenvalue weighted by atomic mass is 9.71. The van der Waals surface area contributed by atoms with Crippen molar-refractivity contribution < 1.29 is 33.3 Å². The van der Waals surface area contributed by atoms with Gasteiger partial charge in [0.1, 0.15) is 23.0 Å². The van der Waals surface area contributed by atoms with Crippen molar-refractivity contribution >= 4 is 17.9 Å². The third kappa shape index (κ3) is 0.879. The maximum Gasteiger partial charge on any atom is 0.330 e. The van der Waals surface area contributed by atoms with Crippen molar-refractivity contribution in [2.24, 2.45) is 22.7 Å². The van der Waals surface area contributed by atoms with Crippen molar-refractivity contribution in [2.75, 3.05) is 20.8 Å². The molecule has 0 spiro atoms. The van der Waals surface area contributed by atoms with Crippen molar-refractivity contribution in [1.82, 2.24) is 0 Å². The van der Waals surface area contributed by atoms with E-state index in [1.807, 2.05) is 0 Å². The van der Waals surface area contributed by atoms with Gasteiger partial charge < -0.3 is 18.9 Å². The molecule has 0 N–H and O–H groups in total. The average molecular weight is 294 g/mol. The molecule has 0 aromatic carbocycles. The minimum atomic E-state index is -1.06. The Labute approximate surface area is 120 Å². The largest absolute Gasteiger partial charge is 0.468 e. The van der Waals surface area contributed by atoms with Crippen LogP contribution in [0.3, 0.4) is 0 Å². The van der Waals surface area contributed by atoms with E-state index in [1.54, 1.807) is 0 Å². The third-order valence-corrected chi connectivity index (χ3v) is 5.72. The van der Waals surface area contributed by atoms with Crippen LogP contribution in [-0.4, -0.2) is 50.4 Å². The van der Waals surface area contributed by atoms with Crippen LogP contribution in [0.4, 0.5) is 0 Å². The van der Waals surface area contributed by atoms with Gasteiger partial charge in [-0.2, -0.15) is 0 Å². The van der Waals surface area contributed by atoms with Gasteiger partial charge in [-0.3, -0.25) is 9.59 Å². The Bertz CT molecular complexity index is 606. The Morgan fingerprint density at radius 2 is 1.90 bits per heavy atom. The summed E-state index contributed by atoms with van der Waals surface area (Å²) >= 11 is 0. The first-order valence-corrected chi connectivity index (χ1v) is 6.64. The lowest BCUT2D eigenvalue weighted by Crippen LogP contribution is -2.46. The Balaban J connectivity index is 1.68. The quantitative estimate of drug-likeness (QED) is 0.382. The van der Waals surface area contributed by atoms with Gasteiger partial charge in [-0.1, -0.05) is 6.58 Å². The molecule has 0 aromatic rings. The highest BCUT2D eigenvalue weighted by Crippen LogP contribution is 3.03. The van der Waals surface area contributed by atoms with E-state index in [1.165, 1.54) is 14.2 Å². The molecule has 5 rings (SSSR count). The van der Waals surface area contributed by atoms with Crippen LogP contribution in [0.1, 0.15) is 0 Å². The summed E-state index contributed by atoms with van der Waals surface area (Å²) in [5, 5.41) is 0. The fourth-order valence-electron chi connectivity index (χ4n) is 5.16. The molecule has 0 amide bonds. The van der Waals surface area contributed by atoms with Gasteiger partial charge in [0.05, 0.1) is 20.3 Å². The summed E-state index contributed by atoms with van der Waals surface area (Å²) in [6.07, 6.45) is 0.706. The van der Waals surface area contributed by atoms with E-state index in [0.29, 0.717) is 0 Å². The van der Waals surface area contributed by atoms with E-state index in [4.69, 9.17) is 18.9 Å². The van der Waals surface area contributed by atoms with Crippen molar-refractivity contribution in [3.63, 3.8) is 0 Å². The highest BCUT2D eigenvalue weighted by atomic mass is 16.6. The van der Waals surface area contributed by atoms with Gasteiger partial charge in [-0.05, 0) is 0 Å². The lowest BCUT2D eigenvalue weighted by Gasteiger charge is -2.29. The fourth-order valence-corrected chi connectivity index (χ4v) is 5.16. The number of rotatable bonds is 5. The maximum atomic E-state index is 12.3. The molecular formula is C14H14O7. The lowest BCUT2D eigenvalue weighted by molar-refractivity contribution is -0.169. The zero-order chi connectivity index (χ0) is 15.2. The molecule has 112 valence electrons. The van der Waals surface area contributed by atoms with Crippen LogP contribution in [0.15, 0.2) is 12.7 Å². The second-order valence-corrected chi connectivity index (χ2v) is 5.90. The molecule has 2 aliphatic heterocycles. The summed E-state index contributed by atoms with van der Waals surface area (Å²) in [5.41, 5.74) is -2.94. The Hall–Kier alpha value is -1.89. The maximum absolute atomic E-state index is 12.3. The van der Waals surface area contributed by atoms with Gasteiger partial charge in [-0.25, -0.2) is 4.79 Å². The first kappa shape index (κ1) is 12.8. The third-order valence-electron chi connectivity index (χ3n) is 5.72. The van der Waals surface area contributed by atoms with Gasteiger partial charge >= 0.3 is 17.9 Å². The zero-order valence-electron chi connectivity index (χ0n) is 11.6. The monoisotopic (exact) mass is 294 g/mol. The summed E-state index contributed by atoms with van der Waals surface area (Å²) < 4.78 is 20.7. The van der Waals surface area contributed by atoms with Crippen LogP contribution in [0.25, 0.3) is 0 Å². The molecule has 3 aliphatic carbocycles. The SMILES string of the molecule is C=CC(=O)OCC12OC3C4C1C2(C(=O)OC)C34C(=O)OC. The van der Waals surface area contributed by atoms with Gasteiger partial charge in [0, 0.05) is 17.9 Å². The number of hydrogen-bond donors (Lipinski definition) is 0. The number of ether oxygens (including phenoxy) is 4. The van der Waals surface area contributed by atoms with Gasteiger partial charge in [0.2, 0.25) is 0 Å². The number of hydrogen-bond acceptors (Lipinski definition) is 7. The van der Waals surface area contributed by atoms with E-state index in [-0.39, 0.29) is 24.5 Å². The molecule has 0 aromatic heterocycles. The number of methoxy groups -OCH3 is 2. The van der Waals surface area contributed by atoms with Crippen LogP contribution in [0.2, 0.25) is 0 Å². The van der Waals surface area contributed by atoms with Gasteiger partial charge in [0.25, 0.3) is 0 Å². The molecule has 7 nitrogen and oxygen atoms in total. The molecule has 2 heterocycles. The molecular weight excluding hydrogens is 280 g/mol. The predicted octanol–water partition coefficient (Wildman–Crippen LogP) is -0.555. The first-order valence-electron chi connectivity index (χ1n) is 6.64. The van der Waals surface area contributed by atoms with Crippen molar-refractivity contribution in [2.45, 2.75) is 11.7 Å². The number of carbonyl (C=O) groups excluding carboxylic acids is 3. The summed E-state index contributed by atoms with van der Waals surface area (Å²) in [4.78, 5) is 35.7. The highest BCUT2D eigenvalue weighted by molar-refractivity contribution is 6.04. The van der Waals surface area contributed by atoms with Crippen molar-refractivity contribution in [1.29, 1.82) is 0 Å². The molecule has 3 saturated carbocycles. The summed E-state index contributed by atoms with van der Waals surface area (Å²) in [7, 11) is 2.56. The normalized spacial score (nSPS) is 49.3. The van der Waals surface area contributed by atoms with E-state index in [2.05, 4.69) is 6.58 Å². The molecule has 7 heteroatoms. The molecule has 2 bridgehead atoms. The molecule has 0 radical (unpaired) electrons. The minimum absolute atomic E-state index is 0.0357. The molecule has 21 heavy (non-hydrogen) atoms. The summed E-state index contributed by atoms with van der Waals surface area (Å²) in [6, 6.07) is 0. The van der Waals surface area contributed by atoms with Crippen LogP contribution >= 0.6 is 0 Å². The molecule has 5 fully saturated rings. The minimum Gasteiger partial charge on any atom is -0.468 e. The Morgan fingerprint density at radius 1 is 1.24 bits per heavy atom. The Kier molecular flexibility index (Phi) is 2.01. The van der Waals surface area contributed by atoms with E-state index in [0.717, 1.165) is 6.08 Å². The fraction of sp³-hybridized carbons (Fsp3) is 0.643. The second-order valence-electron chi connectivity index (χ2n) is 5.90. The van der Waals surface area contributed by atoms with Gasteiger partial charge in [-0.15, -0.1) is 0 Å². The van der Waals surface area contributed by atoms with Crippen LogP contribution in [0, 0.1) is 22.7 Å². The smallest absolute Gasteiger partial charge is 0.330 e. The predicted molar refractivity (Wildman–Crippen MR) is 64.6 cm³/mol. The van der Waals surface area contributed by atoms with Gasteiger partial charge in [0.15, 0.2) is 0 Å². The molecule has 6 atom stereocenters. The van der Waals surface area contributed by atoms with E-state index in [9.17, 15) is 14.4 Å². The van der Waals surface area contributed by atoms with Crippen molar-refractivity contribution in [3.8, 4) is 0 Å². The van der Waals surface area contributed by atoms with E-state index < -0.39 is 34.3 Å². The molecule has 5 aliphatic rings. The molecule has 2 saturated heterocycles. The number of esters is 3. The molecule has 6 unspecified atom stereocenters. The van der Waals surface area contributed by atoms with Crippen LogP contribution < -0.4 is 0 Å². The average Bonchev–Trinajstić information content (AvgIpc) is 3.12. The topological polar surface area (TPSA) is 88.1 Å². The van der Waals surface area contributed by atoms with E-state index >= 15 is 0 Å². The highest BCUT2D eigenvalue weighted by Gasteiger charge is 3.18. The summed E-state index contributed by atoms with van der Waals surface area (Å²) in [6.45, 7) is 3.24. The standard InChI is InChI=1S/C14H14O7/c1-4-6(15)20-5-12-8-7-9(21-12)13(7,10(16)18-2)14(8,12)11(17)19-3/h4,7-9H,1,5H2,2-3H3. The zero-order valence-corrected chi connectivity index (χ0v) is 11.6. The number of carbonyl (C=O) groups is 3. The van der Waals surface area contributed by atoms with Crippen LogP contribution in [0.5, 0.6) is 0 Å². The van der Waals surface area contributed by atoms with Crippen LogP contribution in [-0.2, 0) is 33.3 Å². The first-order chi connectivity index (χ1) is 10.0. The second kappa shape index (κ2) is 3.30. The summed E-state index contributed by atoms with van der Waals surface area (Å²) in [5.74, 6) is -1.71. The Morgan fingerprint density at radius 3 is 2.43 bits per heavy atom.